The van der Waals surface area contributed by atoms with E-state index in [1.807, 2.05) is 0 Å². The Balaban J connectivity index is 1.64. The van der Waals surface area contributed by atoms with Crippen molar-refractivity contribution in [3.63, 3.8) is 0 Å². The Labute approximate surface area is 117 Å². The molecule has 1 aliphatic heterocycles. The molecule has 1 aromatic carbocycles. The summed E-state index contributed by atoms with van der Waals surface area (Å²) in [4.78, 5) is 12.2. The molecular formula is C15H19FN2O2. The van der Waals surface area contributed by atoms with E-state index in [2.05, 4.69) is 10.6 Å². The number of hydrogen-bond donors (Lipinski definition) is 2. The first-order valence-electron chi connectivity index (χ1n) is 7.00. The number of methoxy groups -OCH3 is 1. The van der Waals surface area contributed by atoms with Crippen LogP contribution in [0.1, 0.15) is 19.3 Å². The van der Waals surface area contributed by atoms with Crippen LogP contribution in [-0.2, 0) is 4.79 Å². The van der Waals surface area contributed by atoms with Gasteiger partial charge in [0.1, 0.15) is 0 Å². The fraction of sp³-hybridized carbons (Fsp3) is 0.533. The molecule has 4 nitrogen and oxygen atoms in total. The maximum absolute atomic E-state index is 13.6. The highest BCUT2D eigenvalue weighted by Crippen LogP contribution is 2.58. The molecule has 20 heavy (non-hydrogen) atoms. The number of hydrogen-bond acceptors (Lipinski definition) is 3. The van der Waals surface area contributed by atoms with Crippen LogP contribution in [0.2, 0.25) is 0 Å². The third-order valence-corrected chi connectivity index (χ3v) is 4.52. The zero-order valence-corrected chi connectivity index (χ0v) is 11.5. The van der Waals surface area contributed by atoms with Gasteiger partial charge < -0.3 is 15.4 Å². The predicted molar refractivity (Wildman–Crippen MR) is 74.2 cm³/mol. The Morgan fingerprint density at radius 1 is 1.45 bits per heavy atom. The largest absolute Gasteiger partial charge is 0.494 e. The quantitative estimate of drug-likeness (QED) is 0.891. The van der Waals surface area contributed by atoms with Gasteiger partial charge in [0.25, 0.3) is 0 Å². The van der Waals surface area contributed by atoms with Crippen LogP contribution < -0.4 is 15.4 Å². The van der Waals surface area contributed by atoms with Gasteiger partial charge in [-0.05, 0) is 49.9 Å². The van der Waals surface area contributed by atoms with Crippen molar-refractivity contribution in [3.8, 4) is 5.75 Å². The number of halogens is 1. The minimum Gasteiger partial charge on any atom is -0.494 e. The van der Waals surface area contributed by atoms with Crippen LogP contribution >= 0.6 is 0 Å². The first-order chi connectivity index (χ1) is 9.64. The average Bonchev–Trinajstić information content (AvgIpc) is 3.13. The summed E-state index contributed by atoms with van der Waals surface area (Å²) in [5, 5.41) is 6.13. The topological polar surface area (TPSA) is 50.4 Å². The summed E-state index contributed by atoms with van der Waals surface area (Å²) in [5.41, 5.74) is 0.685. The maximum Gasteiger partial charge on any atom is 0.228 e. The van der Waals surface area contributed by atoms with Gasteiger partial charge in [0.05, 0.1) is 7.11 Å². The SMILES string of the molecule is COc1ccc(NC(=O)C2CC23CCNCC3)cc1F. The lowest BCUT2D eigenvalue weighted by atomic mass is 9.92. The van der Waals surface area contributed by atoms with Crippen molar-refractivity contribution in [1.29, 1.82) is 0 Å². The third-order valence-electron chi connectivity index (χ3n) is 4.52. The second kappa shape index (κ2) is 5.05. The lowest BCUT2D eigenvalue weighted by Gasteiger charge is -2.23. The molecule has 0 radical (unpaired) electrons. The molecule has 5 heteroatoms. The summed E-state index contributed by atoms with van der Waals surface area (Å²) in [5.74, 6) is -0.187. The lowest BCUT2D eigenvalue weighted by molar-refractivity contribution is -0.118. The molecule has 1 atom stereocenters. The fourth-order valence-electron chi connectivity index (χ4n) is 3.17. The predicted octanol–water partition coefficient (Wildman–Crippen LogP) is 2.16. The van der Waals surface area contributed by atoms with Crippen molar-refractivity contribution >= 4 is 11.6 Å². The highest BCUT2D eigenvalue weighted by atomic mass is 19.1. The molecule has 2 fully saturated rings. The highest BCUT2D eigenvalue weighted by molar-refractivity contribution is 5.95. The molecule has 0 bridgehead atoms. The van der Waals surface area contributed by atoms with E-state index in [1.165, 1.54) is 19.2 Å². The van der Waals surface area contributed by atoms with Gasteiger partial charge >= 0.3 is 0 Å². The van der Waals surface area contributed by atoms with E-state index in [1.54, 1.807) is 6.07 Å². The summed E-state index contributed by atoms with van der Waals surface area (Å²) < 4.78 is 18.4. The van der Waals surface area contributed by atoms with Crippen LogP contribution in [0.25, 0.3) is 0 Å². The Kier molecular flexibility index (Phi) is 3.38. The van der Waals surface area contributed by atoms with Crippen LogP contribution in [-0.4, -0.2) is 26.1 Å². The molecule has 1 amide bonds. The number of piperidine rings is 1. The molecular weight excluding hydrogens is 259 g/mol. The van der Waals surface area contributed by atoms with E-state index in [4.69, 9.17) is 4.74 Å². The molecule has 1 aliphatic carbocycles. The van der Waals surface area contributed by atoms with Gasteiger partial charge in [-0.2, -0.15) is 0 Å². The Morgan fingerprint density at radius 2 is 2.20 bits per heavy atom. The van der Waals surface area contributed by atoms with E-state index in [-0.39, 0.29) is 23.0 Å². The Bertz CT molecular complexity index is 527. The minimum absolute atomic E-state index is 0.0106. The summed E-state index contributed by atoms with van der Waals surface area (Å²) in [6, 6.07) is 4.49. The number of amides is 1. The second-order valence-electron chi connectivity index (χ2n) is 5.71. The van der Waals surface area contributed by atoms with E-state index >= 15 is 0 Å². The van der Waals surface area contributed by atoms with Gasteiger partial charge in [-0.3, -0.25) is 4.79 Å². The molecule has 1 spiro atoms. The van der Waals surface area contributed by atoms with E-state index in [9.17, 15) is 9.18 Å². The number of anilines is 1. The number of ether oxygens (including phenoxy) is 1. The van der Waals surface area contributed by atoms with E-state index < -0.39 is 5.82 Å². The fourth-order valence-corrected chi connectivity index (χ4v) is 3.17. The molecule has 0 aromatic heterocycles. The van der Waals surface area contributed by atoms with Crippen molar-refractivity contribution in [1.82, 2.24) is 5.32 Å². The van der Waals surface area contributed by atoms with Gasteiger partial charge in [0, 0.05) is 17.7 Å². The average molecular weight is 278 g/mol. The smallest absolute Gasteiger partial charge is 0.228 e. The maximum atomic E-state index is 13.6. The molecule has 1 aromatic rings. The van der Waals surface area contributed by atoms with Crippen LogP contribution in [0.15, 0.2) is 18.2 Å². The number of carbonyl (C=O) groups excluding carboxylic acids is 1. The van der Waals surface area contributed by atoms with Crippen LogP contribution in [0.4, 0.5) is 10.1 Å². The molecule has 2 N–H and O–H groups in total. The first-order valence-corrected chi connectivity index (χ1v) is 7.00. The van der Waals surface area contributed by atoms with Crippen molar-refractivity contribution in [3.05, 3.63) is 24.0 Å². The molecule has 108 valence electrons. The van der Waals surface area contributed by atoms with Crippen molar-refractivity contribution in [2.45, 2.75) is 19.3 Å². The van der Waals surface area contributed by atoms with Gasteiger partial charge in [-0.1, -0.05) is 0 Å². The summed E-state index contributed by atoms with van der Waals surface area (Å²) in [6.07, 6.45) is 3.07. The van der Waals surface area contributed by atoms with Crippen molar-refractivity contribution < 1.29 is 13.9 Å². The summed E-state index contributed by atoms with van der Waals surface area (Å²) in [7, 11) is 1.42. The van der Waals surface area contributed by atoms with Crippen molar-refractivity contribution in [2.75, 3.05) is 25.5 Å². The summed E-state index contributed by atoms with van der Waals surface area (Å²) >= 11 is 0. The van der Waals surface area contributed by atoms with Crippen LogP contribution in [0.5, 0.6) is 5.75 Å². The van der Waals surface area contributed by atoms with Gasteiger partial charge in [0.2, 0.25) is 5.91 Å². The molecule has 1 saturated carbocycles. The van der Waals surface area contributed by atoms with Crippen LogP contribution in [0.3, 0.4) is 0 Å². The second-order valence-corrected chi connectivity index (χ2v) is 5.71. The molecule has 2 aliphatic rings. The standard InChI is InChI=1S/C15H19FN2O2/c1-20-13-3-2-10(8-12(13)16)18-14(19)11-9-15(11)4-6-17-7-5-15/h2-3,8,11,17H,4-7,9H2,1H3,(H,18,19). The molecule has 1 heterocycles. The third kappa shape index (κ3) is 2.38. The lowest BCUT2D eigenvalue weighted by Crippen LogP contribution is -2.31. The summed E-state index contributed by atoms with van der Waals surface area (Å²) in [6.45, 7) is 1.97. The zero-order chi connectivity index (χ0) is 14.2. The Morgan fingerprint density at radius 3 is 2.85 bits per heavy atom. The molecule has 1 unspecified atom stereocenters. The van der Waals surface area contributed by atoms with Gasteiger partial charge in [-0.25, -0.2) is 4.39 Å². The number of rotatable bonds is 3. The van der Waals surface area contributed by atoms with Crippen molar-refractivity contribution in [2.24, 2.45) is 11.3 Å². The molecule has 1 saturated heterocycles. The first kappa shape index (κ1) is 13.4. The van der Waals surface area contributed by atoms with Gasteiger partial charge in [-0.15, -0.1) is 0 Å². The monoisotopic (exact) mass is 278 g/mol. The number of nitrogens with one attached hydrogen (secondary N) is 2. The Hall–Kier alpha value is -1.62. The number of carbonyl (C=O) groups is 1. The van der Waals surface area contributed by atoms with Crippen LogP contribution in [0, 0.1) is 17.2 Å². The minimum atomic E-state index is -0.460. The van der Waals surface area contributed by atoms with E-state index in [0.29, 0.717) is 5.69 Å². The molecule has 3 rings (SSSR count). The van der Waals surface area contributed by atoms with E-state index in [0.717, 1.165) is 32.4 Å². The number of benzene rings is 1. The highest BCUT2D eigenvalue weighted by Gasteiger charge is 2.57. The zero-order valence-electron chi connectivity index (χ0n) is 11.5. The normalized spacial score (nSPS) is 23.4. The van der Waals surface area contributed by atoms with Gasteiger partial charge in [0.15, 0.2) is 11.6 Å².